The third-order valence-electron chi connectivity index (χ3n) is 3.47. The molecular weight excluding hydrogens is 316 g/mol. The van der Waals surface area contributed by atoms with Crippen LogP contribution in [-0.2, 0) is 23.8 Å². The molecule has 0 atom stereocenters. The summed E-state index contributed by atoms with van der Waals surface area (Å²) < 4.78 is 15.3. The average Bonchev–Trinajstić information content (AvgIpc) is 2.54. The smallest absolute Gasteiger partial charge is 0.350 e. The Balaban J connectivity index is 1.66. The number of rotatable bonds is 3. The summed E-state index contributed by atoms with van der Waals surface area (Å²) in [6, 6.07) is 3.51. The van der Waals surface area contributed by atoms with Crippen molar-refractivity contribution < 1.29 is 23.8 Å². The van der Waals surface area contributed by atoms with Crippen LogP contribution in [0.3, 0.4) is 0 Å². The average molecular weight is 334 g/mol. The number of nitrogens with zero attached hydrogens (tertiary/aromatic N) is 3. The van der Waals surface area contributed by atoms with Crippen molar-refractivity contribution in [3.63, 3.8) is 0 Å². The lowest BCUT2D eigenvalue weighted by Crippen LogP contribution is -2.42. The van der Waals surface area contributed by atoms with Crippen molar-refractivity contribution in [3.8, 4) is 0 Å². The Morgan fingerprint density at radius 2 is 1.79 bits per heavy atom. The van der Waals surface area contributed by atoms with Crippen molar-refractivity contribution in [2.45, 2.75) is 19.6 Å². The molecule has 0 bridgehead atoms. The number of cyclic esters (lactones) is 2. The van der Waals surface area contributed by atoms with Crippen LogP contribution in [0.4, 0.5) is 11.6 Å². The van der Waals surface area contributed by atoms with Crippen LogP contribution in [0.2, 0.25) is 0 Å². The molecule has 3 rings (SSSR count). The lowest BCUT2D eigenvalue weighted by Gasteiger charge is -2.29. The van der Waals surface area contributed by atoms with Gasteiger partial charge in [-0.15, -0.1) is 10.2 Å². The van der Waals surface area contributed by atoms with Crippen molar-refractivity contribution in [3.05, 3.63) is 23.9 Å². The van der Waals surface area contributed by atoms with Crippen LogP contribution in [0.1, 0.15) is 13.8 Å². The van der Waals surface area contributed by atoms with Crippen LogP contribution in [-0.4, -0.2) is 54.2 Å². The highest BCUT2D eigenvalue weighted by Gasteiger charge is 2.38. The predicted octanol–water partition coefficient (Wildman–Crippen LogP) is 0.445. The third-order valence-corrected chi connectivity index (χ3v) is 3.47. The molecule has 1 aromatic heterocycles. The summed E-state index contributed by atoms with van der Waals surface area (Å²) in [5, 5.41) is 10.9. The monoisotopic (exact) mass is 334 g/mol. The Labute approximate surface area is 138 Å². The van der Waals surface area contributed by atoms with Crippen molar-refractivity contribution in [2.24, 2.45) is 0 Å². The predicted molar refractivity (Wildman–Crippen MR) is 83.0 cm³/mol. The Morgan fingerprint density at radius 1 is 1.12 bits per heavy atom. The maximum Gasteiger partial charge on any atom is 0.350 e. The van der Waals surface area contributed by atoms with Crippen LogP contribution < -0.4 is 10.2 Å². The zero-order valence-electron chi connectivity index (χ0n) is 13.4. The highest BCUT2D eigenvalue weighted by atomic mass is 16.7. The fraction of sp³-hybridized carbons (Fsp3) is 0.467. The summed E-state index contributed by atoms with van der Waals surface area (Å²) in [7, 11) is 0. The topological polar surface area (TPSA) is 103 Å². The van der Waals surface area contributed by atoms with E-state index >= 15 is 0 Å². The quantitative estimate of drug-likeness (QED) is 0.479. The van der Waals surface area contributed by atoms with E-state index in [1.807, 2.05) is 0 Å². The Morgan fingerprint density at radius 3 is 2.38 bits per heavy atom. The molecule has 1 N–H and O–H groups in total. The van der Waals surface area contributed by atoms with Gasteiger partial charge in [0.1, 0.15) is 0 Å². The van der Waals surface area contributed by atoms with Crippen LogP contribution in [0.5, 0.6) is 0 Å². The Bertz CT molecular complexity index is 643. The van der Waals surface area contributed by atoms with Gasteiger partial charge >= 0.3 is 11.9 Å². The number of ether oxygens (including phenoxy) is 3. The fourth-order valence-corrected chi connectivity index (χ4v) is 2.29. The highest BCUT2D eigenvalue weighted by molar-refractivity contribution is 6.15. The molecule has 0 saturated carbocycles. The van der Waals surface area contributed by atoms with E-state index in [2.05, 4.69) is 20.4 Å². The summed E-state index contributed by atoms with van der Waals surface area (Å²) in [4.78, 5) is 25.7. The Kier molecular flexibility index (Phi) is 4.34. The fourth-order valence-electron chi connectivity index (χ4n) is 2.29. The van der Waals surface area contributed by atoms with Crippen molar-refractivity contribution >= 4 is 23.6 Å². The molecule has 128 valence electrons. The van der Waals surface area contributed by atoms with E-state index in [0.717, 1.165) is 18.9 Å². The molecule has 0 aliphatic carbocycles. The first-order valence-corrected chi connectivity index (χ1v) is 7.54. The largest absolute Gasteiger partial charge is 0.419 e. The molecule has 0 radical (unpaired) electrons. The molecule has 2 aliphatic heterocycles. The van der Waals surface area contributed by atoms with Gasteiger partial charge in [-0.05, 0) is 12.1 Å². The molecule has 3 heterocycles. The molecule has 9 nitrogen and oxygen atoms in total. The van der Waals surface area contributed by atoms with Crippen LogP contribution in [0.15, 0.2) is 23.9 Å². The SMILES string of the molecule is CC1(C)OC(=O)C(=CNc2ccc(N3CCOCC3)nn2)C(=O)O1. The standard InChI is InChI=1S/C15H18N4O5/c1-15(2)23-13(20)10(14(21)24-15)9-16-11-3-4-12(18-17-11)19-5-7-22-8-6-19/h3-4,9H,5-8H2,1-2H3,(H,16,17). The molecule has 2 aliphatic rings. The van der Waals surface area contributed by atoms with E-state index in [1.165, 1.54) is 20.0 Å². The minimum Gasteiger partial charge on any atom is -0.419 e. The molecule has 1 aromatic rings. The van der Waals surface area contributed by atoms with Gasteiger partial charge in [-0.1, -0.05) is 0 Å². The number of carbonyl (C=O) groups excluding carboxylic acids is 2. The molecule has 2 saturated heterocycles. The van der Waals surface area contributed by atoms with Crippen LogP contribution >= 0.6 is 0 Å². The van der Waals surface area contributed by atoms with Crippen LogP contribution in [0, 0.1) is 0 Å². The molecular formula is C15H18N4O5. The number of anilines is 2. The first-order valence-electron chi connectivity index (χ1n) is 7.54. The van der Waals surface area contributed by atoms with E-state index in [1.54, 1.807) is 12.1 Å². The molecule has 0 amide bonds. The van der Waals surface area contributed by atoms with Gasteiger partial charge in [-0.25, -0.2) is 9.59 Å². The van der Waals surface area contributed by atoms with Crippen LogP contribution in [0.25, 0.3) is 0 Å². The zero-order valence-corrected chi connectivity index (χ0v) is 13.4. The minimum absolute atomic E-state index is 0.228. The zero-order chi connectivity index (χ0) is 17.2. The van der Waals surface area contributed by atoms with E-state index in [0.29, 0.717) is 19.0 Å². The molecule has 24 heavy (non-hydrogen) atoms. The summed E-state index contributed by atoms with van der Waals surface area (Å²) >= 11 is 0. The maximum absolute atomic E-state index is 11.8. The van der Waals surface area contributed by atoms with Crippen molar-refractivity contribution in [1.29, 1.82) is 0 Å². The number of carbonyl (C=O) groups is 2. The van der Waals surface area contributed by atoms with Gasteiger partial charge < -0.3 is 24.4 Å². The summed E-state index contributed by atoms with van der Waals surface area (Å²) in [5.41, 5.74) is -0.228. The summed E-state index contributed by atoms with van der Waals surface area (Å²) in [6.07, 6.45) is 1.21. The number of aromatic nitrogens is 2. The van der Waals surface area contributed by atoms with Gasteiger partial charge in [-0.3, -0.25) is 0 Å². The number of hydrogen-bond donors (Lipinski definition) is 1. The number of esters is 2. The highest BCUT2D eigenvalue weighted by Crippen LogP contribution is 2.22. The normalized spacial score (nSPS) is 20.2. The third kappa shape index (κ3) is 3.62. The second-order valence-electron chi connectivity index (χ2n) is 5.76. The molecule has 0 unspecified atom stereocenters. The first-order chi connectivity index (χ1) is 11.4. The second-order valence-corrected chi connectivity index (χ2v) is 5.76. The Hall–Kier alpha value is -2.68. The lowest BCUT2D eigenvalue weighted by atomic mass is 10.2. The molecule has 2 fully saturated rings. The van der Waals surface area contributed by atoms with Gasteiger partial charge in [0.15, 0.2) is 17.2 Å². The first kappa shape index (κ1) is 16.2. The number of morpholine rings is 1. The van der Waals surface area contributed by atoms with Gasteiger partial charge in [0, 0.05) is 33.1 Å². The number of hydrogen-bond acceptors (Lipinski definition) is 9. The molecule has 9 heteroatoms. The van der Waals surface area contributed by atoms with Gasteiger partial charge in [0.2, 0.25) is 0 Å². The number of nitrogens with one attached hydrogen (secondary N) is 1. The van der Waals surface area contributed by atoms with E-state index < -0.39 is 17.7 Å². The van der Waals surface area contributed by atoms with E-state index in [4.69, 9.17) is 14.2 Å². The van der Waals surface area contributed by atoms with Crippen molar-refractivity contribution in [1.82, 2.24) is 10.2 Å². The second kappa shape index (κ2) is 6.44. The summed E-state index contributed by atoms with van der Waals surface area (Å²) in [5.74, 6) is -1.62. The van der Waals surface area contributed by atoms with E-state index in [-0.39, 0.29) is 5.57 Å². The minimum atomic E-state index is -1.26. The summed E-state index contributed by atoms with van der Waals surface area (Å²) in [6.45, 7) is 5.83. The van der Waals surface area contributed by atoms with Gasteiger partial charge in [-0.2, -0.15) is 0 Å². The lowest BCUT2D eigenvalue weighted by molar-refractivity contribution is -0.222. The maximum atomic E-state index is 11.8. The molecule has 0 aromatic carbocycles. The van der Waals surface area contributed by atoms with E-state index in [9.17, 15) is 9.59 Å². The van der Waals surface area contributed by atoms with Gasteiger partial charge in [0.05, 0.1) is 13.2 Å². The van der Waals surface area contributed by atoms with Gasteiger partial charge in [0.25, 0.3) is 5.79 Å². The van der Waals surface area contributed by atoms with Crippen molar-refractivity contribution in [2.75, 3.05) is 36.5 Å². The molecule has 0 spiro atoms.